The molecule has 0 aromatic heterocycles. The van der Waals surface area contributed by atoms with Crippen molar-refractivity contribution >= 4 is 0 Å². The molecule has 0 bridgehead atoms. The fourth-order valence-electron chi connectivity index (χ4n) is 2.52. The zero-order chi connectivity index (χ0) is 12.1. The Morgan fingerprint density at radius 2 is 1.75 bits per heavy atom. The number of aliphatic hydroxyl groups is 1. The third-order valence-electron chi connectivity index (χ3n) is 3.65. The number of hydrogen-bond donors (Lipinski definition) is 1. The second-order valence-corrected chi connectivity index (χ2v) is 4.73. The quantitative estimate of drug-likeness (QED) is 0.800. The number of rotatable bonds is 5. The van der Waals surface area contributed by atoms with Gasteiger partial charge in [0.15, 0.2) is 0 Å². The molecule has 0 fully saturated rings. The first kappa shape index (κ1) is 13.2. The summed E-state index contributed by atoms with van der Waals surface area (Å²) >= 11 is 0. The Hall–Kier alpha value is -0.820. The van der Waals surface area contributed by atoms with Crippen LogP contribution in [0.4, 0.5) is 0 Å². The first-order valence-electron chi connectivity index (χ1n) is 6.32. The van der Waals surface area contributed by atoms with Gasteiger partial charge in [-0.15, -0.1) is 0 Å². The second-order valence-electron chi connectivity index (χ2n) is 4.73. The molecule has 0 radical (unpaired) electrons. The molecule has 0 aliphatic heterocycles. The van der Waals surface area contributed by atoms with E-state index < -0.39 is 0 Å². The summed E-state index contributed by atoms with van der Waals surface area (Å²) in [7, 11) is 0. The molecule has 1 aromatic carbocycles. The zero-order valence-electron chi connectivity index (χ0n) is 11.0. The van der Waals surface area contributed by atoms with Crippen LogP contribution in [0.25, 0.3) is 0 Å². The van der Waals surface area contributed by atoms with Crippen LogP contribution in [0, 0.1) is 19.8 Å². The molecule has 1 nitrogen and oxygen atoms in total. The van der Waals surface area contributed by atoms with Crippen molar-refractivity contribution < 1.29 is 5.11 Å². The van der Waals surface area contributed by atoms with Crippen molar-refractivity contribution in [3.8, 4) is 0 Å². The summed E-state index contributed by atoms with van der Waals surface area (Å²) in [5, 5.41) is 9.63. The average Bonchev–Trinajstić information content (AvgIpc) is 2.29. The molecule has 0 aliphatic carbocycles. The third kappa shape index (κ3) is 2.85. The molecule has 90 valence electrons. The lowest BCUT2D eigenvalue weighted by atomic mass is 9.81. The van der Waals surface area contributed by atoms with E-state index in [1.54, 1.807) is 0 Å². The van der Waals surface area contributed by atoms with Crippen LogP contribution in [0.1, 0.15) is 49.3 Å². The maximum atomic E-state index is 9.63. The lowest BCUT2D eigenvalue weighted by molar-refractivity contribution is 0.218. The molecule has 0 spiro atoms. The Morgan fingerprint density at radius 3 is 2.25 bits per heavy atom. The molecule has 1 aromatic rings. The predicted molar refractivity (Wildman–Crippen MR) is 69.8 cm³/mol. The average molecular weight is 220 g/mol. The van der Waals surface area contributed by atoms with E-state index in [0.29, 0.717) is 11.8 Å². The monoisotopic (exact) mass is 220 g/mol. The molecule has 0 aliphatic rings. The fraction of sp³-hybridized carbons (Fsp3) is 0.600. The number of aryl methyl sites for hydroxylation is 2. The SMILES string of the molecule is CCC(CC)[C@@H](CO)c1cc(C)ccc1C. The van der Waals surface area contributed by atoms with Gasteiger partial charge in [0.1, 0.15) is 0 Å². The predicted octanol–water partition coefficient (Wildman–Crippen LogP) is 3.82. The Morgan fingerprint density at radius 1 is 1.12 bits per heavy atom. The summed E-state index contributed by atoms with van der Waals surface area (Å²) in [5.41, 5.74) is 3.91. The van der Waals surface area contributed by atoms with Gasteiger partial charge < -0.3 is 5.11 Å². The topological polar surface area (TPSA) is 20.2 Å². The Labute approximate surface area is 99.5 Å². The minimum atomic E-state index is 0.261. The summed E-state index contributed by atoms with van der Waals surface area (Å²) in [4.78, 5) is 0. The van der Waals surface area contributed by atoms with Crippen LogP contribution < -0.4 is 0 Å². The van der Waals surface area contributed by atoms with Gasteiger partial charge in [-0.1, -0.05) is 50.5 Å². The van der Waals surface area contributed by atoms with E-state index in [-0.39, 0.29) is 6.61 Å². The molecule has 1 N–H and O–H groups in total. The second kappa shape index (κ2) is 6.05. The molecule has 1 rings (SSSR count). The van der Waals surface area contributed by atoms with Gasteiger partial charge >= 0.3 is 0 Å². The smallest absolute Gasteiger partial charge is 0.0502 e. The van der Waals surface area contributed by atoms with Gasteiger partial charge in [0.25, 0.3) is 0 Å². The fourth-order valence-corrected chi connectivity index (χ4v) is 2.52. The molecule has 1 atom stereocenters. The molecule has 0 unspecified atom stereocenters. The van der Waals surface area contributed by atoms with E-state index >= 15 is 0 Å². The van der Waals surface area contributed by atoms with Crippen LogP contribution in [0.5, 0.6) is 0 Å². The van der Waals surface area contributed by atoms with Crippen molar-refractivity contribution in [2.75, 3.05) is 6.61 Å². The Balaban J connectivity index is 3.06. The van der Waals surface area contributed by atoms with Gasteiger partial charge in [-0.25, -0.2) is 0 Å². The highest BCUT2D eigenvalue weighted by molar-refractivity contribution is 5.33. The van der Waals surface area contributed by atoms with Gasteiger partial charge in [-0.05, 0) is 30.9 Å². The van der Waals surface area contributed by atoms with Crippen LogP contribution >= 0.6 is 0 Å². The standard InChI is InChI=1S/C15H24O/c1-5-13(6-2)15(10-16)14-9-11(3)7-8-12(14)4/h7-9,13,15-16H,5-6,10H2,1-4H3/t15-/m1/s1. The summed E-state index contributed by atoms with van der Waals surface area (Å²) in [6, 6.07) is 6.53. The van der Waals surface area contributed by atoms with E-state index in [4.69, 9.17) is 0 Å². The summed E-state index contributed by atoms with van der Waals surface area (Å²) in [6.45, 7) is 8.94. The number of aliphatic hydroxyl groups excluding tert-OH is 1. The normalized spacial score (nSPS) is 13.1. The van der Waals surface area contributed by atoms with Crippen LogP contribution in [-0.2, 0) is 0 Å². The van der Waals surface area contributed by atoms with Crippen molar-refractivity contribution in [1.82, 2.24) is 0 Å². The van der Waals surface area contributed by atoms with Gasteiger partial charge in [0, 0.05) is 5.92 Å². The highest BCUT2D eigenvalue weighted by Crippen LogP contribution is 2.31. The highest BCUT2D eigenvalue weighted by atomic mass is 16.3. The Kier molecular flexibility index (Phi) is 5.01. The molecule has 0 saturated heterocycles. The minimum absolute atomic E-state index is 0.261. The molecular weight excluding hydrogens is 196 g/mol. The summed E-state index contributed by atoms with van der Waals surface area (Å²) in [5.74, 6) is 0.889. The van der Waals surface area contributed by atoms with E-state index in [1.165, 1.54) is 16.7 Å². The largest absolute Gasteiger partial charge is 0.396 e. The highest BCUT2D eigenvalue weighted by Gasteiger charge is 2.21. The Bertz CT molecular complexity index is 326. The maximum absolute atomic E-state index is 9.63. The molecule has 1 heteroatoms. The van der Waals surface area contributed by atoms with Gasteiger partial charge in [-0.3, -0.25) is 0 Å². The lowest BCUT2D eigenvalue weighted by Gasteiger charge is -2.25. The van der Waals surface area contributed by atoms with E-state index in [1.807, 2.05) is 0 Å². The van der Waals surface area contributed by atoms with Crippen molar-refractivity contribution in [2.45, 2.75) is 46.5 Å². The van der Waals surface area contributed by atoms with Crippen LogP contribution in [-0.4, -0.2) is 11.7 Å². The summed E-state index contributed by atoms with van der Waals surface area (Å²) < 4.78 is 0. The molecule has 16 heavy (non-hydrogen) atoms. The van der Waals surface area contributed by atoms with Gasteiger partial charge in [0.2, 0.25) is 0 Å². The van der Waals surface area contributed by atoms with Crippen molar-refractivity contribution in [2.24, 2.45) is 5.92 Å². The third-order valence-corrected chi connectivity index (χ3v) is 3.65. The summed E-state index contributed by atoms with van der Waals surface area (Å²) in [6.07, 6.45) is 2.27. The lowest BCUT2D eigenvalue weighted by Crippen LogP contribution is -2.16. The minimum Gasteiger partial charge on any atom is -0.396 e. The van der Waals surface area contributed by atoms with Crippen molar-refractivity contribution in [3.05, 3.63) is 34.9 Å². The van der Waals surface area contributed by atoms with Gasteiger partial charge in [-0.2, -0.15) is 0 Å². The van der Waals surface area contributed by atoms with Crippen molar-refractivity contribution in [3.63, 3.8) is 0 Å². The zero-order valence-corrected chi connectivity index (χ0v) is 11.0. The first-order valence-corrected chi connectivity index (χ1v) is 6.32. The molecular formula is C15H24O. The van der Waals surface area contributed by atoms with Crippen LogP contribution in [0.15, 0.2) is 18.2 Å². The van der Waals surface area contributed by atoms with E-state index in [9.17, 15) is 5.11 Å². The molecule has 0 amide bonds. The van der Waals surface area contributed by atoms with E-state index in [2.05, 4.69) is 45.9 Å². The van der Waals surface area contributed by atoms with Crippen LogP contribution in [0.2, 0.25) is 0 Å². The molecule has 0 heterocycles. The van der Waals surface area contributed by atoms with Crippen LogP contribution in [0.3, 0.4) is 0 Å². The maximum Gasteiger partial charge on any atom is 0.0502 e. The first-order chi connectivity index (χ1) is 7.63. The van der Waals surface area contributed by atoms with Crippen molar-refractivity contribution in [1.29, 1.82) is 0 Å². The van der Waals surface area contributed by atoms with Gasteiger partial charge in [0.05, 0.1) is 6.61 Å². The number of benzene rings is 1. The van der Waals surface area contributed by atoms with E-state index in [0.717, 1.165) is 12.8 Å². The number of hydrogen-bond acceptors (Lipinski definition) is 1. The molecule has 0 saturated carbocycles.